The molecule has 0 aliphatic rings. The molecule has 3 N–H and O–H groups in total. The summed E-state index contributed by atoms with van der Waals surface area (Å²) in [5.41, 5.74) is 6.63. The molecular weight excluding hydrogens is 268 g/mol. The van der Waals surface area contributed by atoms with Gasteiger partial charge in [0, 0.05) is 10.9 Å². The SMILES string of the molecule is Nc1ncc(Cl)c(Sc2cc3ccccc3[nH]2)n1. The Bertz CT molecular complexity index is 677. The molecule has 0 saturated carbocycles. The second kappa shape index (κ2) is 4.51. The highest BCUT2D eigenvalue weighted by molar-refractivity contribution is 7.99. The molecule has 2 heterocycles. The number of H-pyrrole nitrogens is 1. The molecule has 0 radical (unpaired) electrons. The maximum Gasteiger partial charge on any atom is 0.221 e. The van der Waals surface area contributed by atoms with Crippen molar-refractivity contribution in [2.75, 3.05) is 5.73 Å². The van der Waals surface area contributed by atoms with Crippen LogP contribution in [0.2, 0.25) is 5.02 Å². The summed E-state index contributed by atoms with van der Waals surface area (Å²) < 4.78 is 0. The largest absolute Gasteiger partial charge is 0.368 e. The van der Waals surface area contributed by atoms with E-state index in [0.29, 0.717) is 10.0 Å². The first-order chi connectivity index (χ1) is 8.72. The monoisotopic (exact) mass is 276 g/mol. The van der Waals surface area contributed by atoms with E-state index in [4.69, 9.17) is 17.3 Å². The number of benzene rings is 1. The van der Waals surface area contributed by atoms with E-state index in [-0.39, 0.29) is 5.95 Å². The quantitative estimate of drug-likeness (QED) is 0.705. The third-order valence-electron chi connectivity index (χ3n) is 2.44. The van der Waals surface area contributed by atoms with E-state index in [9.17, 15) is 0 Å². The number of halogens is 1. The van der Waals surface area contributed by atoms with Crippen LogP contribution in [0.5, 0.6) is 0 Å². The molecule has 3 aromatic rings. The van der Waals surface area contributed by atoms with Crippen molar-refractivity contribution in [3.05, 3.63) is 41.6 Å². The van der Waals surface area contributed by atoms with Crippen LogP contribution in [0.15, 0.2) is 46.6 Å². The molecule has 6 heteroatoms. The molecule has 0 amide bonds. The number of nitrogens with two attached hydrogens (primary N) is 1. The lowest BCUT2D eigenvalue weighted by atomic mass is 10.3. The molecule has 90 valence electrons. The second-order valence-corrected chi connectivity index (χ2v) is 5.14. The summed E-state index contributed by atoms with van der Waals surface area (Å²) in [5, 5.41) is 3.26. The molecule has 0 unspecified atom stereocenters. The minimum absolute atomic E-state index is 0.220. The van der Waals surface area contributed by atoms with Gasteiger partial charge in [0.25, 0.3) is 0 Å². The molecule has 0 bridgehead atoms. The van der Waals surface area contributed by atoms with E-state index in [2.05, 4.69) is 21.0 Å². The smallest absolute Gasteiger partial charge is 0.221 e. The fraction of sp³-hybridized carbons (Fsp3) is 0. The van der Waals surface area contributed by atoms with Crippen LogP contribution in [0.4, 0.5) is 5.95 Å². The third-order valence-corrected chi connectivity index (χ3v) is 3.78. The zero-order valence-electron chi connectivity index (χ0n) is 9.22. The van der Waals surface area contributed by atoms with E-state index in [1.54, 1.807) is 0 Å². The number of anilines is 1. The van der Waals surface area contributed by atoms with Gasteiger partial charge in [0.15, 0.2) is 0 Å². The predicted octanol–water partition coefficient (Wildman–Crippen LogP) is 3.34. The lowest BCUT2D eigenvalue weighted by molar-refractivity contribution is 1.06. The fourth-order valence-electron chi connectivity index (χ4n) is 1.64. The van der Waals surface area contributed by atoms with E-state index in [1.807, 2.05) is 24.3 Å². The maximum absolute atomic E-state index is 6.03. The first-order valence-corrected chi connectivity index (χ1v) is 6.45. The lowest BCUT2D eigenvalue weighted by Crippen LogP contribution is -1.95. The molecule has 1 aromatic carbocycles. The number of nitrogens with one attached hydrogen (secondary N) is 1. The summed E-state index contributed by atoms with van der Waals surface area (Å²) in [6.45, 7) is 0. The van der Waals surface area contributed by atoms with Gasteiger partial charge >= 0.3 is 0 Å². The Morgan fingerprint density at radius 2 is 2.11 bits per heavy atom. The van der Waals surface area contributed by atoms with Crippen molar-refractivity contribution in [2.45, 2.75) is 10.1 Å². The van der Waals surface area contributed by atoms with Gasteiger partial charge in [0.2, 0.25) is 5.95 Å². The normalized spacial score (nSPS) is 10.9. The van der Waals surface area contributed by atoms with Crippen LogP contribution in [-0.2, 0) is 0 Å². The number of aromatic nitrogens is 3. The number of rotatable bonds is 2. The van der Waals surface area contributed by atoms with Crippen LogP contribution in [0.1, 0.15) is 0 Å². The Morgan fingerprint density at radius 3 is 2.94 bits per heavy atom. The minimum Gasteiger partial charge on any atom is -0.368 e. The topological polar surface area (TPSA) is 67.6 Å². The Hall–Kier alpha value is -1.72. The van der Waals surface area contributed by atoms with Gasteiger partial charge in [-0.05, 0) is 12.1 Å². The van der Waals surface area contributed by atoms with Gasteiger partial charge in [-0.2, -0.15) is 0 Å². The first kappa shape index (κ1) is 11.4. The van der Waals surface area contributed by atoms with Crippen LogP contribution in [0.3, 0.4) is 0 Å². The van der Waals surface area contributed by atoms with Crippen LogP contribution >= 0.6 is 23.4 Å². The first-order valence-electron chi connectivity index (χ1n) is 5.26. The van der Waals surface area contributed by atoms with Gasteiger partial charge in [-0.15, -0.1) is 0 Å². The van der Waals surface area contributed by atoms with Gasteiger partial charge in [0.05, 0.1) is 16.2 Å². The van der Waals surface area contributed by atoms with Crippen molar-refractivity contribution >= 4 is 40.2 Å². The summed E-state index contributed by atoms with van der Waals surface area (Å²) in [6.07, 6.45) is 1.51. The predicted molar refractivity (Wildman–Crippen MR) is 73.9 cm³/mol. The summed E-state index contributed by atoms with van der Waals surface area (Å²) >= 11 is 7.47. The molecule has 2 aromatic heterocycles. The highest BCUT2D eigenvalue weighted by atomic mass is 35.5. The van der Waals surface area contributed by atoms with E-state index in [1.165, 1.54) is 18.0 Å². The average molecular weight is 277 g/mol. The van der Waals surface area contributed by atoms with E-state index >= 15 is 0 Å². The number of para-hydroxylation sites is 1. The van der Waals surface area contributed by atoms with E-state index < -0.39 is 0 Å². The van der Waals surface area contributed by atoms with Crippen LogP contribution in [0.25, 0.3) is 10.9 Å². The Balaban J connectivity index is 1.98. The maximum atomic E-state index is 6.03. The van der Waals surface area contributed by atoms with Crippen molar-refractivity contribution < 1.29 is 0 Å². The number of aromatic amines is 1. The Morgan fingerprint density at radius 1 is 1.28 bits per heavy atom. The minimum atomic E-state index is 0.220. The molecule has 18 heavy (non-hydrogen) atoms. The second-order valence-electron chi connectivity index (χ2n) is 3.70. The number of fused-ring (bicyclic) bond motifs is 1. The molecule has 0 fully saturated rings. The summed E-state index contributed by atoms with van der Waals surface area (Å²) in [4.78, 5) is 11.2. The molecule has 0 aliphatic carbocycles. The zero-order chi connectivity index (χ0) is 12.5. The molecule has 0 spiro atoms. The Labute approximate surface area is 113 Å². The molecule has 3 rings (SSSR count). The van der Waals surface area contributed by atoms with Gasteiger partial charge < -0.3 is 10.7 Å². The van der Waals surface area contributed by atoms with Crippen molar-refractivity contribution in [2.24, 2.45) is 0 Å². The van der Waals surface area contributed by atoms with Crippen LogP contribution < -0.4 is 5.73 Å². The van der Waals surface area contributed by atoms with Crippen molar-refractivity contribution in [3.8, 4) is 0 Å². The summed E-state index contributed by atoms with van der Waals surface area (Å²) in [6, 6.07) is 10.1. The number of hydrogen-bond acceptors (Lipinski definition) is 4. The highest BCUT2D eigenvalue weighted by Gasteiger charge is 2.08. The molecule has 0 saturated heterocycles. The summed E-state index contributed by atoms with van der Waals surface area (Å²) in [5.74, 6) is 0.220. The molecular formula is C12H9ClN4S. The van der Waals surface area contributed by atoms with Crippen molar-refractivity contribution in [3.63, 3.8) is 0 Å². The zero-order valence-corrected chi connectivity index (χ0v) is 10.8. The summed E-state index contributed by atoms with van der Waals surface area (Å²) in [7, 11) is 0. The standard InChI is InChI=1S/C12H9ClN4S/c13-8-6-15-12(14)17-11(8)18-10-5-7-3-1-2-4-9(7)16-10/h1-6,16H,(H2,14,15,17). The van der Waals surface area contributed by atoms with Gasteiger partial charge in [-0.1, -0.05) is 41.6 Å². The van der Waals surface area contributed by atoms with Crippen LogP contribution in [-0.4, -0.2) is 15.0 Å². The van der Waals surface area contributed by atoms with Crippen molar-refractivity contribution in [1.29, 1.82) is 0 Å². The van der Waals surface area contributed by atoms with Gasteiger partial charge in [-0.3, -0.25) is 0 Å². The lowest BCUT2D eigenvalue weighted by Gasteiger charge is -2.01. The number of nitrogens with zero attached hydrogens (tertiary/aromatic N) is 2. The third kappa shape index (κ3) is 2.14. The van der Waals surface area contributed by atoms with Crippen LogP contribution in [0, 0.1) is 0 Å². The molecule has 0 atom stereocenters. The highest BCUT2D eigenvalue weighted by Crippen LogP contribution is 2.32. The molecule has 0 aliphatic heterocycles. The number of nitrogen functional groups attached to an aromatic ring is 1. The van der Waals surface area contributed by atoms with E-state index in [0.717, 1.165) is 15.9 Å². The number of hydrogen-bond donors (Lipinski definition) is 2. The van der Waals surface area contributed by atoms with Crippen molar-refractivity contribution in [1.82, 2.24) is 15.0 Å². The Kier molecular flexibility index (Phi) is 2.85. The fourth-order valence-corrected chi connectivity index (χ4v) is 2.69. The van der Waals surface area contributed by atoms with Gasteiger partial charge in [0.1, 0.15) is 5.03 Å². The van der Waals surface area contributed by atoms with Gasteiger partial charge in [-0.25, -0.2) is 9.97 Å². The molecule has 4 nitrogen and oxygen atoms in total. The average Bonchev–Trinajstić information content (AvgIpc) is 2.76.